The maximum Gasteiger partial charge on any atom is 0.416 e. The summed E-state index contributed by atoms with van der Waals surface area (Å²) in [5, 5.41) is 10.5. The van der Waals surface area contributed by atoms with Gasteiger partial charge < -0.3 is 5.11 Å². The van der Waals surface area contributed by atoms with Gasteiger partial charge in [-0.1, -0.05) is 12.1 Å². The lowest BCUT2D eigenvalue weighted by atomic mass is 10.1. The maximum atomic E-state index is 13.0. The summed E-state index contributed by atoms with van der Waals surface area (Å²) in [4.78, 5) is 30.6. The van der Waals surface area contributed by atoms with Crippen LogP contribution in [-0.4, -0.2) is 20.4 Å². The molecule has 0 amide bonds. The predicted octanol–water partition coefficient (Wildman–Crippen LogP) is 3.40. The zero-order valence-electron chi connectivity index (χ0n) is 15.5. The van der Waals surface area contributed by atoms with Crippen LogP contribution in [0.3, 0.4) is 0 Å². The number of aromatic hydroxyl groups is 1. The van der Waals surface area contributed by atoms with E-state index in [1.165, 1.54) is 31.2 Å². The van der Waals surface area contributed by atoms with Crippen molar-refractivity contribution in [2.45, 2.75) is 19.6 Å². The van der Waals surface area contributed by atoms with Crippen LogP contribution in [0.4, 0.5) is 17.6 Å². The second-order valence-corrected chi connectivity index (χ2v) is 6.37. The third-order valence-electron chi connectivity index (χ3n) is 4.31. The number of nitrogens with one attached hydrogen (secondary N) is 1. The van der Waals surface area contributed by atoms with Gasteiger partial charge in [0.1, 0.15) is 11.4 Å². The minimum absolute atomic E-state index is 0.0738. The normalized spacial score (nSPS) is 12.2. The van der Waals surface area contributed by atoms with Crippen molar-refractivity contribution in [3.8, 4) is 11.6 Å². The van der Waals surface area contributed by atoms with Gasteiger partial charge in [-0.25, -0.2) is 13.8 Å². The molecule has 0 aliphatic carbocycles. The highest BCUT2D eigenvalue weighted by molar-refractivity contribution is 6.00. The first kappa shape index (κ1) is 21.0. The maximum absolute atomic E-state index is 13.0. The first-order chi connectivity index (χ1) is 14.1. The fourth-order valence-electron chi connectivity index (χ4n) is 2.77. The fourth-order valence-corrected chi connectivity index (χ4v) is 2.77. The summed E-state index contributed by atoms with van der Waals surface area (Å²) in [7, 11) is 0. The van der Waals surface area contributed by atoms with Crippen LogP contribution < -0.4 is 11.2 Å². The molecule has 1 aromatic heterocycles. The fraction of sp³-hybridized carbons (Fsp3) is 0.150. The van der Waals surface area contributed by atoms with Gasteiger partial charge in [0.15, 0.2) is 0 Å². The molecule has 0 bridgehead atoms. The first-order valence-electron chi connectivity index (χ1n) is 8.59. The molecule has 0 spiro atoms. The number of halogens is 4. The Kier molecular flexibility index (Phi) is 5.59. The zero-order valence-corrected chi connectivity index (χ0v) is 15.5. The van der Waals surface area contributed by atoms with E-state index in [9.17, 15) is 32.3 Å². The number of alkyl halides is 3. The summed E-state index contributed by atoms with van der Waals surface area (Å²) in [6.07, 6.45) is -4.56. The summed E-state index contributed by atoms with van der Waals surface area (Å²) in [5.41, 5.74) is -2.51. The number of aromatic amines is 1. The van der Waals surface area contributed by atoms with Crippen molar-refractivity contribution in [2.75, 3.05) is 0 Å². The highest BCUT2D eigenvalue weighted by Gasteiger charge is 2.30. The minimum Gasteiger partial charge on any atom is -0.493 e. The van der Waals surface area contributed by atoms with Gasteiger partial charge in [0.25, 0.3) is 5.56 Å². The molecule has 10 heteroatoms. The van der Waals surface area contributed by atoms with E-state index in [1.807, 2.05) is 4.98 Å². The van der Waals surface area contributed by atoms with Crippen molar-refractivity contribution in [3.05, 3.63) is 91.9 Å². The van der Waals surface area contributed by atoms with Crippen molar-refractivity contribution < 1.29 is 22.7 Å². The standard InChI is InChI=1S/C20H15F4N3O3/c1-11(25-10-12-2-6-14(21)7-3-12)16-17(28)26-19(30)27(18(16)29)15-8-4-13(5-9-15)20(22,23)24/h2-9,29H,10H2,1H3,(H,26,28,30). The average molecular weight is 421 g/mol. The summed E-state index contributed by atoms with van der Waals surface area (Å²) < 4.78 is 51.9. The van der Waals surface area contributed by atoms with E-state index in [-0.39, 0.29) is 23.5 Å². The summed E-state index contributed by atoms with van der Waals surface area (Å²) in [6, 6.07) is 8.99. The molecule has 0 radical (unpaired) electrons. The predicted molar refractivity (Wildman–Crippen MR) is 102 cm³/mol. The number of nitrogens with zero attached hydrogens (tertiary/aromatic N) is 2. The summed E-state index contributed by atoms with van der Waals surface area (Å²) in [5.74, 6) is -1.18. The molecule has 2 aromatic carbocycles. The third-order valence-corrected chi connectivity index (χ3v) is 4.31. The number of rotatable bonds is 4. The van der Waals surface area contributed by atoms with Crippen LogP contribution in [0, 0.1) is 5.82 Å². The number of H-pyrrole nitrogens is 1. The van der Waals surface area contributed by atoms with E-state index in [1.54, 1.807) is 0 Å². The molecule has 0 aliphatic heterocycles. The van der Waals surface area contributed by atoms with Crippen LogP contribution >= 0.6 is 0 Å². The molecule has 0 atom stereocenters. The van der Waals surface area contributed by atoms with Gasteiger partial charge >= 0.3 is 11.9 Å². The molecule has 3 rings (SSSR count). The van der Waals surface area contributed by atoms with E-state index in [4.69, 9.17) is 0 Å². The van der Waals surface area contributed by atoms with Crippen LogP contribution in [0.15, 0.2) is 63.1 Å². The molecule has 0 saturated carbocycles. The summed E-state index contributed by atoms with van der Waals surface area (Å²) in [6.45, 7) is 1.50. The van der Waals surface area contributed by atoms with Crippen molar-refractivity contribution in [2.24, 2.45) is 4.99 Å². The van der Waals surface area contributed by atoms with Crippen molar-refractivity contribution in [3.63, 3.8) is 0 Å². The van der Waals surface area contributed by atoms with Gasteiger partial charge in [-0.05, 0) is 48.9 Å². The Balaban J connectivity index is 2.03. The SMILES string of the molecule is CC(=NCc1ccc(F)cc1)c1c(O)n(-c2ccc(C(F)(F)F)cc2)c(=O)[nH]c1=O. The molecule has 1 heterocycles. The van der Waals surface area contributed by atoms with Gasteiger partial charge in [0.05, 0.1) is 23.5 Å². The first-order valence-corrected chi connectivity index (χ1v) is 8.59. The van der Waals surface area contributed by atoms with Crippen LogP contribution in [0.5, 0.6) is 5.88 Å². The Morgan fingerprint density at radius 3 is 2.23 bits per heavy atom. The molecular formula is C20H15F4N3O3. The number of hydrogen-bond acceptors (Lipinski definition) is 4. The largest absolute Gasteiger partial charge is 0.493 e. The highest BCUT2D eigenvalue weighted by Crippen LogP contribution is 2.30. The van der Waals surface area contributed by atoms with Gasteiger partial charge in [0, 0.05) is 0 Å². The molecular weight excluding hydrogens is 406 g/mol. The van der Waals surface area contributed by atoms with Crippen molar-refractivity contribution in [1.29, 1.82) is 0 Å². The van der Waals surface area contributed by atoms with E-state index in [0.717, 1.165) is 24.3 Å². The number of aliphatic imine (C=N–C) groups is 1. The number of hydrogen-bond donors (Lipinski definition) is 2. The molecule has 156 valence electrons. The van der Waals surface area contributed by atoms with Gasteiger partial charge in [-0.15, -0.1) is 0 Å². The quantitative estimate of drug-likeness (QED) is 0.500. The third kappa shape index (κ3) is 4.32. The monoisotopic (exact) mass is 421 g/mol. The second-order valence-electron chi connectivity index (χ2n) is 6.37. The van der Waals surface area contributed by atoms with Crippen LogP contribution in [0.25, 0.3) is 5.69 Å². The van der Waals surface area contributed by atoms with Crippen molar-refractivity contribution in [1.82, 2.24) is 9.55 Å². The number of benzene rings is 2. The lowest BCUT2D eigenvalue weighted by Crippen LogP contribution is -2.32. The second kappa shape index (κ2) is 7.97. The molecule has 30 heavy (non-hydrogen) atoms. The van der Waals surface area contributed by atoms with E-state index in [2.05, 4.69) is 4.99 Å². The Bertz CT molecular complexity index is 1210. The molecule has 3 aromatic rings. The smallest absolute Gasteiger partial charge is 0.416 e. The Morgan fingerprint density at radius 1 is 1.07 bits per heavy atom. The van der Waals surface area contributed by atoms with Crippen LogP contribution in [-0.2, 0) is 12.7 Å². The van der Waals surface area contributed by atoms with E-state index >= 15 is 0 Å². The van der Waals surface area contributed by atoms with Crippen molar-refractivity contribution >= 4 is 5.71 Å². The molecule has 2 N–H and O–H groups in total. The van der Waals surface area contributed by atoms with E-state index in [0.29, 0.717) is 10.1 Å². The van der Waals surface area contributed by atoms with Gasteiger partial charge in [-0.3, -0.25) is 14.8 Å². The lowest BCUT2D eigenvalue weighted by molar-refractivity contribution is -0.137. The van der Waals surface area contributed by atoms with Gasteiger partial charge in [-0.2, -0.15) is 13.2 Å². The molecule has 0 fully saturated rings. The Hall–Kier alpha value is -3.69. The lowest BCUT2D eigenvalue weighted by Gasteiger charge is -2.13. The Labute approximate surface area is 166 Å². The summed E-state index contributed by atoms with van der Waals surface area (Å²) >= 11 is 0. The van der Waals surface area contributed by atoms with E-state index < -0.39 is 34.7 Å². The van der Waals surface area contributed by atoms with Crippen LogP contribution in [0.2, 0.25) is 0 Å². The molecule has 0 unspecified atom stereocenters. The molecule has 0 saturated heterocycles. The molecule has 6 nitrogen and oxygen atoms in total. The number of aromatic nitrogens is 2. The minimum atomic E-state index is -4.56. The zero-order chi connectivity index (χ0) is 22.1. The Morgan fingerprint density at radius 2 is 1.67 bits per heavy atom. The molecule has 0 aliphatic rings. The van der Waals surface area contributed by atoms with Crippen LogP contribution in [0.1, 0.15) is 23.6 Å². The van der Waals surface area contributed by atoms with Gasteiger partial charge in [0.2, 0.25) is 5.88 Å². The highest BCUT2D eigenvalue weighted by atomic mass is 19.4. The average Bonchev–Trinajstić information content (AvgIpc) is 2.67. The topological polar surface area (TPSA) is 87.4 Å².